The van der Waals surface area contributed by atoms with E-state index in [0.29, 0.717) is 0 Å². The van der Waals surface area contributed by atoms with Crippen LogP contribution < -0.4 is 0 Å². The van der Waals surface area contributed by atoms with E-state index in [1.165, 1.54) is 25.7 Å². The number of likely N-dealkylation sites (tertiary alicyclic amines) is 1. The number of aliphatic hydroxyl groups is 1. The van der Waals surface area contributed by atoms with Crippen molar-refractivity contribution in [2.24, 2.45) is 0 Å². The fourth-order valence-corrected chi connectivity index (χ4v) is 1.47. The molecule has 0 amide bonds. The molecule has 0 spiro atoms. The van der Waals surface area contributed by atoms with E-state index in [2.05, 4.69) is 4.90 Å². The fourth-order valence-electron chi connectivity index (χ4n) is 1.47. The second-order valence-electron chi connectivity index (χ2n) is 3.08. The van der Waals surface area contributed by atoms with Crippen LogP contribution in [0.15, 0.2) is 0 Å². The van der Waals surface area contributed by atoms with Gasteiger partial charge in [0.1, 0.15) is 6.23 Å². The lowest BCUT2D eigenvalue weighted by Gasteiger charge is -2.22. The summed E-state index contributed by atoms with van der Waals surface area (Å²) < 4.78 is 0. The van der Waals surface area contributed by atoms with Crippen LogP contribution >= 0.6 is 0 Å². The van der Waals surface area contributed by atoms with Crippen LogP contribution in [-0.2, 0) is 0 Å². The maximum absolute atomic E-state index is 9.23. The average molecular weight is 143 g/mol. The van der Waals surface area contributed by atoms with Crippen molar-refractivity contribution in [3.8, 4) is 0 Å². The fraction of sp³-hybridized carbons (Fsp3) is 1.00. The van der Waals surface area contributed by atoms with Crippen LogP contribution in [0.25, 0.3) is 0 Å². The Morgan fingerprint density at radius 1 is 1.10 bits per heavy atom. The molecule has 0 aromatic rings. The predicted molar refractivity (Wildman–Crippen MR) is 41.7 cm³/mol. The van der Waals surface area contributed by atoms with Crippen molar-refractivity contribution in [1.82, 2.24) is 4.90 Å². The lowest BCUT2D eigenvalue weighted by molar-refractivity contribution is 0.0214. The van der Waals surface area contributed by atoms with Crippen molar-refractivity contribution in [3.63, 3.8) is 0 Å². The molecule has 2 nitrogen and oxygen atoms in total. The molecular formula is C8H17NO. The Kier molecular flexibility index (Phi) is 3.16. The van der Waals surface area contributed by atoms with Gasteiger partial charge in [0, 0.05) is 13.1 Å². The standard InChI is InChI=1S/C8H17NO/c1-8(10)9-6-4-2-3-5-7-9/h8,10H,2-7H2,1H3. The van der Waals surface area contributed by atoms with Gasteiger partial charge in [0.05, 0.1) is 0 Å². The first-order valence-electron chi connectivity index (χ1n) is 4.23. The van der Waals surface area contributed by atoms with Gasteiger partial charge in [0.2, 0.25) is 0 Å². The molecule has 0 bridgehead atoms. The molecule has 1 atom stereocenters. The van der Waals surface area contributed by atoms with Gasteiger partial charge in [-0.1, -0.05) is 12.8 Å². The molecule has 2 heteroatoms. The predicted octanol–water partition coefficient (Wildman–Crippen LogP) is 1.20. The smallest absolute Gasteiger partial charge is 0.104 e. The van der Waals surface area contributed by atoms with Gasteiger partial charge in [0.25, 0.3) is 0 Å². The van der Waals surface area contributed by atoms with Crippen LogP contribution in [-0.4, -0.2) is 29.3 Å². The highest BCUT2D eigenvalue weighted by Crippen LogP contribution is 2.10. The maximum Gasteiger partial charge on any atom is 0.104 e. The highest BCUT2D eigenvalue weighted by atomic mass is 16.3. The lowest BCUT2D eigenvalue weighted by atomic mass is 10.2. The SMILES string of the molecule is CC(O)N1CCCCCC1. The second-order valence-corrected chi connectivity index (χ2v) is 3.08. The van der Waals surface area contributed by atoms with E-state index in [4.69, 9.17) is 0 Å². The lowest BCUT2D eigenvalue weighted by Crippen LogP contribution is -2.33. The van der Waals surface area contributed by atoms with Gasteiger partial charge in [-0.15, -0.1) is 0 Å². The first-order chi connectivity index (χ1) is 4.80. The third-order valence-electron chi connectivity index (χ3n) is 2.17. The Balaban J connectivity index is 2.28. The molecule has 0 radical (unpaired) electrons. The summed E-state index contributed by atoms with van der Waals surface area (Å²) >= 11 is 0. The van der Waals surface area contributed by atoms with Crippen molar-refractivity contribution in [1.29, 1.82) is 0 Å². The molecule has 10 heavy (non-hydrogen) atoms. The van der Waals surface area contributed by atoms with Gasteiger partial charge in [-0.2, -0.15) is 0 Å². The molecule has 1 N–H and O–H groups in total. The van der Waals surface area contributed by atoms with Gasteiger partial charge in [-0.3, -0.25) is 4.90 Å². The Hall–Kier alpha value is -0.0800. The number of aliphatic hydroxyl groups excluding tert-OH is 1. The molecule has 1 heterocycles. The maximum atomic E-state index is 9.23. The zero-order valence-corrected chi connectivity index (χ0v) is 6.71. The topological polar surface area (TPSA) is 23.5 Å². The molecule has 1 aliphatic heterocycles. The normalized spacial score (nSPS) is 25.8. The van der Waals surface area contributed by atoms with E-state index in [0.717, 1.165) is 13.1 Å². The summed E-state index contributed by atoms with van der Waals surface area (Å²) in [7, 11) is 0. The molecule has 1 fully saturated rings. The summed E-state index contributed by atoms with van der Waals surface area (Å²) in [5.74, 6) is 0. The van der Waals surface area contributed by atoms with Crippen LogP contribution in [0.5, 0.6) is 0 Å². The minimum absolute atomic E-state index is 0.238. The largest absolute Gasteiger partial charge is 0.379 e. The van der Waals surface area contributed by atoms with Gasteiger partial charge >= 0.3 is 0 Å². The third-order valence-corrected chi connectivity index (χ3v) is 2.17. The zero-order chi connectivity index (χ0) is 7.40. The molecular weight excluding hydrogens is 126 g/mol. The van der Waals surface area contributed by atoms with Crippen LogP contribution in [0.2, 0.25) is 0 Å². The van der Waals surface area contributed by atoms with Crippen molar-refractivity contribution < 1.29 is 5.11 Å². The Labute approximate surface area is 62.8 Å². The third kappa shape index (κ3) is 2.27. The highest BCUT2D eigenvalue weighted by Gasteiger charge is 2.11. The Morgan fingerprint density at radius 3 is 2.00 bits per heavy atom. The number of rotatable bonds is 1. The van der Waals surface area contributed by atoms with Gasteiger partial charge in [0.15, 0.2) is 0 Å². The van der Waals surface area contributed by atoms with E-state index in [1.807, 2.05) is 6.92 Å². The first kappa shape index (κ1) is 8.02. The minimum atomic E-state index is -0.238. The first-order valence-corrected chi connectivity index (χ1v) is 4.23. The molecule has 1 saturated heterocycles. The summed E-state index contributed by atoms with van der Waals surface area (Å²) in [4.78, 5) is 2.15. The van der Waals surface area contributed by atoms with E-state index in [-0.39, 0.29) is 6.23 Å². The summed E-state index contributed by atoms with van der Waals surface area (Å²) in [5, 5.41) is 9.23. The summed E-state index contributed by atoms with van der Waals surface area (Å²) in [5.41, 5.74) is 0. The quantitative estimate of drug-likeness (QED) is 0.596. The molecule has 1 rings (SSSR count). The van der Waals surface area contributed by atoms with E-state index >= 15 is 0 Å². The van der Waals surface area contributed by atoms with Crippen LogP contribution in [0.4, 0.5) is 0 Å². The van der Waals surface area contributed by atoms with Gasteiger partial charge in [-0.25, -0.2) is 0 Å². The summed E-state index contributed by atoms with van der Waals surface area (Å²) in [6.07, 6.45) is 4.94. The van der Waals surface area contributed by atoms with E-state index < -0.39 is 0 Å². The Bertz CT molecular complexity index is 85.3. The number of hydrogen-bond acceptors (Lipinski definition) is 2. The molecule has 1 unspecified atom stereocenters. The second kappa shape index (κ2) is 3.94. The molecule has 60 valence electrons. The molecule has 0 saturated carbocycles. The molecule has 1 aliphatic rings. The minimum Gasteiger partial charge on any atom is -0.379 e. The summed E-state index contributed by atoms with van der Waals surface area (Å²) in [6.45, 7) is 4.01. The van der Waals surface area contributed by atoms with Crippen molar-refractivity contribution in [2.75, 3.05) is 13.1 Å². The summed E-state index contributed by atoms with van der Waals surface area (Å²) in [6, 6.07) is 0. The van der Waals surface area contributed by atoms with Crippen molar-refractivity contribution >= 4 is 0 Å². The number of nitrogens with zero attached hydrogens (tertiary/aromatic N) is 1. The van der Waals surface area contributed by atoms with E-state index in [9.17, 15) is 5.11 Å². The molecule has 0 aromatic heterocycles. The molecule has 0 aromatic carbocycles. The van der Waals surface area contributed by atoms with Crippen LogP contribution in [0, 0.1) is 0 Å². The monoisotopic (exact) mass is 143 g/mol. The van der Waals surface area contributed by atoms with Crippen molar-refractivity contribution in [3.05, 3.63) is 0 Å². The average Bonchev–Trinajstić information content (AvgIpc) is 2.12. The van der Waals surface area contributed by atoms with Gasteiger partial charge in [-0.05, 0) is 19.8 Å². The van der Waals surface area contributed by atoms with Gasteiger partial charge < -0.3 is 5.11 Å². The zero-order valence-electron chi connectivity index (χ0n) is 6.71. The van der Waals surface area contributed by atoms with E-state index in [1.54, 1.807) is 0 Å². The van der Waals surface area contributed by atoms with Crippen molar-refractivity contribution in [2.45, 2.75) is 38.8 Å². The Morgan fingerprint density at radius 2 is 1.60 bits per heavy atom. The number of hydrogen-bond donors (Lipinski definition) is 1. The van der Waals surface area contributed by atoms with Crippen LogP contribution in [0.3, 0.4) is 0 Å². The molecule has 0 aliphatic carbocycles. The highest BCUT2D eigenvalue weighted by molar-refractivity contribution is 4.62. The van der Waals surface area contributed by atoms with Crippen LogP contribution in [0.1, 0.15) is 32.6 Å².